The van der Waals surface area contributed by atoms with E-state index in [0.29, 0.717) is 22.8 Å². The van der Waals surface area contributed by atoms with Crippen molar-refractivity contribution in [2.24, 2.45) is 5.41 Å². The molecule has 7 heteroatoms. The van der Waals surface area contributed by atoms with E-state index >= 15 is 0 Å². The first-order valence-electron chi connectivity index (χ1n) is 8.51. The molecule has 0 aliphatic rings. The molecule has 0 aliphatic carbocycles. The van der Waals surface area contributed by atoms with E-state index in [-0.39, 0.29) is 18.4 Å². The van der Waals surface area contributed by atoms with Crippen molar-refractivity contribution in [1.82, 2.24) is 10.3 Å². The van der Waals surface area contributed by atoms with Gasteiger partial charge in [-0.05, 0) is 29.6 Å². The van der Waals surface area contributed by atoms with E-state index in [4.69, 9.17) is 4.42 Å². The van der Waals surface area contributed by atoms with Gasteiger partial charge in [-0.25, -0.2) is 4.98 Å². The highest BCUT2D eigenvalue weighted by Gasteiger charge is 2.21. The minimum Gasteiger partial charge on any atom is -0.443 e. The molecule has 6 nitrogen and oxygen atoms in total. The van der Waals surface area contributed by atoms with Gasteiger partial charge >= 0.3 is 0 Å². The number of carbonyl (C=O) groups is 2. The predicted octanol–water partition coefficient (Wildman–Crippen LogP) is 4.32. The number of aromatic nitrogens is 1. The highest BCUT2D eigenvalue weighted by Crippen LogP contribution is 2.23. The van der Waals surface area contributed by atoms with Crippen molar-refractivity contribution in [2.45, 2.75) is 27.3 Å². The summed E-state index contributed by atoms with van der Waals surface area (Å²) in [5, 5.41) is 7.59. The van der Waals surface area contributed by atoms with Gasteiger partial charge in [-0.1, -0.05) is 32.9 Å². The highest BCUT2D eigenvalue weighted by atomic mass is 32.1. The lowest BCUT2D eigenvalue weighted by Gasteiger charge is -2.17. The fourth-order valence-corrected chi connectivity index (χ4v) is 2.89. The first kappa shape index (κ1) is 18.8. The first-order chi connectivity index (χ1) is 12.8. The number of carbonyl (C=O) groups excluding carboxylic acids is 2. The van der Waals surface area contributed by atoms with Gasteiger partial charge in [-0.2, -0.15) is 0 Å². The Morgan fingerprint density at radius 2 is 2.00 bits per heavy atom. The molecule has 3 aromatic rings. The van der Waals surface area contributed by atoms with Crippen molar-refractivity contribution in [3.63, 3.8) is 0 Å². The summed E-state index contributed by atoms with van der Waals surface area (Å²) < 4.78 is 5.44. The van der Waals surface area contributed by atoms with E-state index in [0.717, 1.165) is 4.88 Å². The van der Waals surface area contributed by atoms with Crippen LogP contribution in [0.3, 0.4) is 0 Å². The van der Waals surface area contributed by atoms with Gasteiger partial charge in [0.25, 0.3) is 5.91 Å². The molecule has 0 saturated heterocycles. The highest BCUT2D eigenvalue weighted by molar-refractivity contribution is 7.13. The molecule has 2 heterocycles. The van der Waals surface area contributed by atoms with Crippen LogP contribution in [-0.4, -0.2) is 16.8 Å². The van der Waals surface area contributed by atoms with Crippen LogP contribution in [0.1, 0.15) is 36.8 Å². The maximum Gasteiger partial charge on any atom is 0.251 e. The number of oxazole rings is 1. The number of anilines is 1. The molecule has 0 fully saturated rings. The summed E-state index contributed by atoms with van der Waals surface area (Å²) >= 11 is 1.54. The number of benzene rings is 1. The molecular formula is C20H21N3O3S. The van der Waals surface area contributed by atoms with E-state index in [1.165, 1.54) is 6.26 Å². The van der Waals surface area contributed by atoms with E-state index < -0.39 is 5.41 Å². The third kappa shape index (κ3) is 4.83. The molecule has 0 unspecified atom stereocenters. The molecule has 0 radical (unpaired) electrons. The summed E-state index contributed by atoms with van der Waals surface area (Å²) in [6, 6.07) is 10.7. The van der Waals surface area contributed by atoms with Gasteiger partial charge in [-0.15, -0.1) is 11.3 Å². The van der Waals surface area contributed by atoms with Crippen LogP contribution in [0.5, 0.6) is 0 Å². The first-order valence-corrected chi connectivity index (χ1v) is 9.39. The van der Waals surface area contributed by atoms with Crippen molar-refractivity contribution in [1.29, 1.82) is 0 Å². The monoisotopic (exact) mass is 383 g/mol. The van der Waals surface area contributed by atoms with Gasteiger partial charge in [0.15, 0.2) is 0 Å². The van der Waals surface area contributed by atoms with Gasteiger partial charge in [0, 0.05) is 16.7 Å². The van der Waals surface area contributed by atoms with E-state index in [9.17, 15) is 9.59 Å². The molecule has 0 saturated carbocycles. The predicted molar refractivity (Wildman–Crippen MR) is 106 cm³/mol. The van der Waals surface area contributed by atoms with Crippen molar-refractivity contribution >= 4 is 28.8 Å². The lowest BCUT2D eigenvalue weighted by molar-refractivity contribution is -0.123. The van der Waals surface area contributed by atoms with Gasteiger partial charge < -0.3 is 15.1 Å². The Morgan fingerprint density at radius 1 is 1.19 bits per heavy atom. The van der Waals surface area contributed by atoms with Gasteiger partial charge in [0.2, 0.25) is 11.8 Å². The van der Waals surface area contributed by atoms with Gasteiger partial charge in [0.05, 0.1) is 17.1 Å². The molecule has 3 rings (SSSR count). The largest absolute Gasteiger partial charge is 0.443 e. The minimum absolute atomic E-state index is 0.108. The summed E-state index contributed by atoms with van der Waals surface area (Å²) in [7, 11) is 0. The number of thiophene rings is 1. The Bertz CT molecular complexity index is 940. The number of hydrogen-bond donors (Lipinski definition) is 2. The average molecular weight is 383 g/mol. The molecular weight excluding hydrogens is 362 g/mol. The summed E-state index contributed by atoms with van der Waals surface area (Å²) in [4.78, 5) is 29.8. The SMILES string of the molecule is CC(C)(C)C(=O)Nc1cccc(C(=O)NCc2coc(-c3cccs3)n2)c1. The Balaban J connectivity index is 1.61. The quantitative estimate of drug-likeness (QED) is 0.687. The number of nitrogens with zero attached hydrogens (tertiary/aromatic N) is 1. The van der Waals surface area contributed by atoms with Crippen molar-refractivity contribution in [2.75, 3.05) is 5.32 Å². The fraction of sp³-hybridized carbons (Fsp3) is 0.250. The molecule has 140 valence electrons. The van der Waals surface area contributed by atoms with Crippen molar-refractivity contribution < 1.29 is 14.0 Å². The van der Waals surface area contributed by atoms with Crippen LogP contribution in [0.2, 0.25) is 0 Å². The molecule has 0 spiro atoms. The molecule has 27 heavy (non-hydrogen) atoms. The fourth-order valence-electron chi connectivity index (χ4n) is 2.23. The van der Waals surface area contributed by atoms with Crippen LogP contribution in [0.15, 0.2) is 52.5 Å². The Labute approximate surface area is 161 Å². The van der Waals surface area contributed by atoms with E-state index in [1.54, 1.807) is 35.6 Å². The number of nitrogens with one attached hydrogen (secondary N) is 2. The van der Waals surface area contributed by atoms with Crippen LogP contribution in [-0.2, 0) is 11.3 Å². The van der Waals surface area contributed by atoms with Crippen LogP contribution in [0.25, 0.3) is 10.8 Å². The number of hydrogen-bond acceptors (Lipinski definition) is 5. The standard InChI is InChI=1S/C20H21N3O3S/c1-20(2,3)19(25)23-14-7-4-6-13(10-14)17(24)21-11-15-12-26-18(22-15)16-8-5-9-27-16/h4-10,12H,11H2,1-3H3,(H,21,24)(H,23,25). The lowest BCUT2D eigenvalue weighted by atomic mass is 9.95. The Hall–Kier alpha value is -2.93. The minimum atomic E-state index is -0.508. The Morgan fingerprint density at radius 3 is 2.70 bits per heavy atom. The maximum atomic E-state index is 12.4. The molecule has 2 aromatic heterocycles. The van der Waals surface area contributed by atoms with Gasteiger partial charge in [-0.3, -0.25) is 9.59 Å². The molecule has 2 N–H and O–H groups in total. The molecule has 2 amide bonds. The van der Waals surface area contributed by atoms with Crippen LogP contribution in [0.4, 0.5) is 5.69 Å². The average Bonchev–Trinajstić information content (AvgIpc) is 3.30. The lowest BCUT2D eigenvalue weighted by Crippen LogP contribution is -2.28. The number of amides is 2. The Kier molecular flexibility index (Phi) is 5.41. The smallest absolute Gasteiger partial charge is 0.251 e. The van der Waals surface area contributed by atoms with E-state index in [1.807, 2.05) is 38.3 Å². The van der Waals surface area contributed by atoms with Crippen molar-refractivity contribution in [3.05, 3.63) is 59.3 Å². The second kappa shape index (κ2) is 7.75. The van der Waals surface area contributed by atoms with Gasteiger partial charge in [0.1, 0.15) is 6.26 Å². The molecule has 0 bridgehead atoms. The zero-order chi connectivity index (χ0) is 19.4. The van der Waals surface area contributed by atoms with Crippen molar-refractivity contribution in [3.8, 4) is 10.8 Å². The molecule has 0 aliphatic heterocycles. The molecule has 0 atom stereocenters. The number of rotatable bonds is 5. The normalized spacial score (nSPS) is 11.2. The van der Waals surface area contributed by atoms with Crippen LogP contribution >= 0.6 is 11.3 Å². The van der Waals surface area contributed by atoms with Crippen LogP contribution in [0, 0.1) is 5.41 Å². The second-order valence-corrected chi connectivity index (χ2v) is 8.04. The van der Waals surface area contributed by atoms with Crippen LogP contribution < -0.4 is 10.6 Å². The maximum absolute atomic E-state index is 12.4. The summed E-state index contributed by atoms with van der Waals surface area (Å²) in [5.74, 6) is 0.187. The topological polar surface area (TPSA) is 84.2 Å². The summed E-state index contributed by atoms with van der Waals surface area (Å²) in [6.07, 6.45) is 1.54. The second-order valence-electron chi connectivity index (χ2n) is 7.09. The summed E-state index contributed by atoms with van der Waals surface area (Å²) in [5.41, 5.74) is 1.18. The summed E-state index contributed by atoms with van der Waals surface area (Å²) in [6.45, 7) is 5.76. The zero-order valence-corrected chi connectivity index (χ0v) is 16.2. The third-order valence-electron chi connectivity index (χ3n) is 3.78. The molecule has 1 aromatic carbocycles. The third-order valence-corrected chi connectivity index (χ3v) is 4.64. The zero-order valence-electron chi connectivity index (χ0n) is 15.4. The van der Waals surface area contributed by atoms with E-state index in [2.05, 4.69) is 15.6 Å².